The maximum atomic E-state index is 12.2. The van der Waals surface area contributed by atoms with Gasteiger partial charge < -0.3 is 9.64 Å². The van der Waals surface area contributed by atoms with Gasteiger partial charge in [0.2, 0.25) is 0 Å². The van der Waals surface area contributed by atoms with E-state index in [9.17, 15) is 4.79 Å². The van der Waals surface area contributed by atoms with Crippen molar-refractivity contribution in [3.8, 4) is 0 Å². The van der Waals surface area contributed by atoms with Crippen molar-refractivity contribution in [3.05, 3.63) is 34.8 Å². The van der Waals surface area contributed by atoms with Gasteiger partial charge in [-0.2, -0.15) is 0 Å². The zero-order valence-corrected chi connectivity index (χ0v) is 11.6. The van der Waals surface area contributed by atoms with Crippen molar-refractivity contribution in [2.45, 2.75) is 26.7 Å². The first-order chi connectivity index (χ1) is 9.27. The Balaban J connectivity index is 2.46. The molecule has 102 valence electrons. The molecular weight excluding hydrogens is 240 g/mol. The standard InChI is InChI=1S/C15H20N2O2/c1-3-5-10-17-11-16-13-9-7-6-8-12(13)14(17)15(18)19-4-2/h6-9H,3-5,10-11H2,1-2H3. The molecule has 1 aliphatic heterocycles. The monoisotopic (exact) mass is 260 g/mol. The lowest BCUT2D eigenvalue weighted by Gasteiger charge is -2.26. The lowest BCUT2D eigenvalue weighted by molar-refractivity contribution is -0.137. The molecule has 0 radical (unpaired) electrons. The fraction of sp³-hybridized carbons (Fsp3) is 0.467. The molecule has 0 fully saturated rings. The number of rotatable bonds is 5. The van der Waals surface area contributed by atoms with Gasteiger partial charge in [0.05, 0.1) is 12.0 Å². The van der Waals surface area contributed by atoms with Crippen LogP contribution in [0.25, 0.3) is 5.70 Å². The Morgan fingerprint density at radius 1 is 1.37 bits per heavy atom. The molecule has 0 N–H and O–H groups in total. The minimum absolute atomic E-state index is 0.249. The van der Waals surface area contributed by atoms with Crippen LogP contribution in [-0.4, -0.2) is 30.7 Å². The second-order valence-corrected chi connectivity index (χ2v) is 4.50. The highest BCUT2D eigenvalue weighted by Gasteiger charge is 2.21. The zero-order valence-electron chi connectivity index (χ0n) is 11.6. The zero-order chi connectivity index (χ0) is 13.7. The Morgan fingerprint density at radius 2 is 2.16 bits per heavy atom. The van der Waals surface area contributed by atoms with E-state index in [0.29, 0.717) is 19.0 Å². The van der Waals surface area contributed by atoms with E-state index in [-0.39, 0.29) is 5.97 Å². The first-order valence-corrected chi connectivity index (χ1v) is 6.83. The number of nitrogens with zero attached hydrogens (tertiary/aromatic N) is 2. The van der Waals surface area contributed by atoms with Crippen molar-refractivity contribution >= 4 is 11.7 Å². The second kappa shape index (κ2) is 6.36. The highest BCUT2D eigenvalue weighted by atomic mass is 16.5. The number of unbranched alkanes of at least 4 members (excludes halogenated alkanes) is 1. The minimum atomic E-state index is -0.249. The van der Waals surface area contributed by atoms with E-state index < -0.39 is 0 Å². The smallest absolute Gasteiger partial charge is 0.355 e. The number of esters is 1. The summed E-state index contributed by atoms with van der Waals surface area (Å²) in [6, 6.07) is 7.73. The molecule has 4 nitrogen and oxygen atoms in total. The van der Waals surface area contributed by atoms with Gasteiger partial charge in [0, 0.05) is 11.8 Å². The molecule has 0 amide bonds. The third-order valence-electron chi connectivity index (χ3n) is 3.14. The number of ether oxygens (including phenoxy) is 1. The Bertz CT molecular complexity index is 566. The number of hydrogen-bond donors (Lipinski definition) is 0. The predicted molar refractivity (Wildman–Crippen MR) is 73.7 cm³/mol. The third kappa shape index (κ3) is 2.95. The normalized spacial score (nSPS) is 13.8. The Labute approximate surface area is 113 Å². The van der Waals surface area contributed by atoms with Gasteiger partial charge in [0.1, 0.15) is 12.4 Å². The lowest BCUT2D eigenvalue weighted by Crippen LogP contribution is -2.43. The highest BCUT2D eigenvalue weighted by Crippen LogP contribution is 2.10. The average molecular weight is 260 g/mol. The van der Waals surface area contributed by atoms with E-state index in [0.717, 1.165) is 30.0 Å². The van der Waals surface area contributed by atoms with E-state index in [4.69, 9.17) is 4.74 Å². The SMILES string of the molecule is CCCCN1CN=c2ccccc2=C1C(=O)OCC. The molecule has 0 bridgehead atoms. The van der Waals surface area contributed by atoms with Crippen molar-refractivity contribution in [3.63, 3.8) is 0 Å². The number of fused-ring (bicyclic) bond motifs is 1. The van der Waals surface area contributed by atoms with Crippen LogP contribution in [0, 0.1) is 0 Å². The second-order valence-electron chi connectivity index (χ2n) is 4.50. The van der Waals surface area contributed by atoms with Crippen LogP contribution in [0.5, 0.6) is 0 Å². The molecule has 1 heterocycles. The Morgan fingerprint density at radius 3 is 2.89 bits per heavy atom. The maximum absolute atomic E-state index is 12.2. The van der Waals surface area contributed by atoms with Crippen molar-refractivity contribution < 1.29 is 9.53 Å². The number of carbonyl (C=O) groups is 1. The summed E-state index contributed by atoms with van der Waals surface area (Å²) in [6.45, 7) is 5.73. The number of para-hydroxylation sites is 1. The molecule has 0 saturated heterocycles. The molecule has 0 unspecified atom stereocenters. The summed E-state index contributed by atoms with van der Waals surface area (Å²) in [5.41, 5.74) is 0.654. The third-order valence-corrected chi connectivity index (χ3v) is 3.14. The van der Waals surface area contributed by atoms with E-state index >= 15 is 0 Å². The van der Waals surface area contributed by atoms with Crippen LogP contribution >= 0.6 is 0 Å². The molecule has 1 aromatic rings. The topological polar surface area (TPSA) is 41.9 Å². The van der Waals surface area contributed by atoms with Crippen molar-refractivity contribution in [1.82, 2.24) is 4.90 Å². The van der Waals surface area contributed by atoms with E-state index in [1.54, 1.807) is 0 Å². The molecule has 0 spiro atoms. The van der Waals surface area contributed by atoms with Crippen molar-refractivity contribution in [2.24, 2.45) is 4.99 Å². The van der Waals surface area contributed by atoms with Gasteiger partial charge in [-0.15, -0.1) is 0 Å². The van der Waals surface area contributed by atoms with Gasteiger partial charge in [-0.1, -0.05) is 31.5 Å². The van der Waals surface area contributed by atoms with Gasteiger partial charge >= 0.3 is 5.97 Å². The highest BCUT2D eigenvalue weighted by molar-refractivity contribution is 6.08. The van der Waals surface area contributed by atoms with Gasteiger partial charge in [-0.05, 0) is 19.4 Å². The molecule has 0 atom stereocenters. The van der Waals surface area contributed by atoms with Crippen LogP contribution in [0.15, 0.2) is 29.3 Å². The Hall–Kier alpha value is -1.84. The summed E-state index contributed by atoms with van der Waals surface area (Å²) < 4.78 is 5.19. The van der Waals surface area contributed by atoms with Gasteiger partial charge in [-0.25, -0.2) is 4.79 Å². The first kappa shape index (κ1) is 13.6. The quantitative estimate of drug-likeness (QED) is 0.743. The molecule has 19 heavy (non-hydrogen) atoms. The first-order valence-electron chi connectivity index (χ1n) is 6.83. The molecule has 0 aromatic heterocycles. The van der Waals surface area contributed by atoms with E-state index in [1.165, 1.54) is 0 Å². The summed E-state index contributed by atoms with van der Waals surface area (Å²) in [5, 5.41) is 1.75. The molecule has 1 aromatic carbocycles. The van der Waals surface area contributed by atoms with Crippen LogP contribution in [0.4, 0.5) is 0 Å². The number of hydrogen-bond acceptors (Lipinski definition) is 4. The largest absolute Gasteiger partial charge is 0.461 e. The predicted octanol–water partition coefficient (Wildman–Crippen LogP) is 1.05. The van der Waals surface area contributed by atoms with Crippen LogP contribution in [0.1, 0.15) is 26.7 Å². The summed E-state index contributed by atoms with van der Waals surface area (Å²) >= 11 is 0. The maximum Gasteiger partial charge on any atom is 0.355 e. The van der Waals surface area contributed by atoms with Gasteiger partial charge in [-0.3, -0.25) is 4.99 Å². The van der Waals surface area contributed by atoms with E-state index in [2.05, 4.69) is 11.9 Å². The number of carbonyl (C=O) groups excluding carboxylic acids is 1. The number of benzene rings is 1. The minimum Gasteiger partial charge on any atom is -0.461 e. The molecule has 1 aliphatic rings. The molecular formula is C15H20N2O2. The van der Waals surface area contributed by atoms with Crippen molar-refractivity contribution in [1.29, 1.82) is 0 Å². The Kier molecular flexibility index (Phi) is 4.55. The summed E-state index contributed by atoms with van der Waals surface area (Å²) in [5.74, 6) is -0.249. The fourth-order valence-electron chi connectivity index (χ4n) is 2.18. The fourth-order valence-corrected chi connectivity index (χ4v) is 2.18. The van der Waals surface area contributed by atoms with Crippen LogP contribution in [-0.2, 0) is 9.53 Å². The van der Waals surface area contributed by atoms with Gasteiger partial charge in [0.25, 0.3) is 0 Å². The molecule has 0 saturated carbocycles. The van der Waals surface area contributed by atoms with Crippen LogP contribution < -0.4 is 10.6 Å². The van der Waals surface area contributed by atoms with Crippen LogP contribution in [0.2, 0.25) is 0 Å². The molecule has 4 heteroatoms. The summed E-state index contributed by atoms with van der Waals surface area (Å²) in [4.78, 5) is 18.7. The average Bonchev–Trinajstić information content (AvgIpc) is 2.44. The molecule has 2 rings (SSSR count). The van der Waals surface area contributed by atoms with Gasteiger partial charge in [0.15, 0.2) is 0 Å². The summed E-state index contributed by atoms with van der Waals surface area (Å²) in [7, 11) is 0. The molecule has 0 aliphatic carbocycles. The van der Waals surface area contributed by atoms with E-state index in [1.807, 2.05) is 36.1 Å². The summed E-state index contributed by atoms with van der Waals surface area (Å²) in [6.07, 6.45) is 2.13. The van der Waals surface area contributed by atoms with Crippen molar-refractivity contribution in [2.75, 3.05) is 19.8 Å². The van der Waals surface area contributed by atoms with Crippen LogP contribution in [0.3, 0.4) is 0 Å². The lowest BCUT2D eigenvalue weighted by atomic mass is 10.2.